The Morgan fingerprint density at radius 2 is 2.05 bits per heavy atom. The first-order valence-corrected chi connectivity index (χ1v) is 7.64. The molecule has 7 heteroatoms. The average molecular weight is 280 g/mol. The van der Waals surface area contributed by atoms with Crippen molar-refractivity contribution in [3.05, 3.63) is 42.0 Å². The lowest BCUT2D eigenvalue weighted by molar-refractivity contribution is 0.607. The molecule has 0 radical (unpaired) electrons. The molecule has 0 bridgehead atoms. The van der Waals surface area contributed by atoms with Crippen molar-refractivity contribution < 1.29 is 8.42 Å². The molecule has 0 aliphatic heterocycles. The number of aryl methyl sites for hydroxylation is 1. The van der Waals surface area contributed by atoms with Crippen LogP contribution in [0.4, 0.5) is 11.4 Å². The number of H-pyrrole nitrogens is 1. The topological polar surface area (TPSA) is 86.9 Å². The molecule has 0 spiro atoms. The molecule has 0 saturated carbocycles. The number of hydrogen-bond acceptors (Lipinski definition) is 4. The first-order chi connectivity index (χ1) is 8.94. The Balaban J connectivity index is 2.05. The van der Waals surface area contributed by atoms with Crippen molar-refractivity contribution in [2.24, 2.45) is 0 Å². The van der Waals surface area contributed by atoms with E-state index in [0.717, 1.165) is 23.3 Å². The maximum absolute atomic E-state index is 11.2. The Morgan fingerprint density at radius 1 is 1.32 bits per heavy atom. The van der Waals surface area contributed by atoms with Gasteiger partial charge in [-0.1, -0.05) is 6.07 Å². The summed E-state index contributed by atoms with van der Waals surface area (Å²) in [7, 11) is -3.25. The van der Waals surface area contributed by atoms with Crippen LogP contribution >= 0.6 is 0 Å². The lowest BCUT2D eigenvalue weighted by Crippen LogP contribution is -2.09. The summed E-state index contributed by atoms with van der Waals surface area (Å²) < 4.78 is 24.7. The number of imidazole rings is 1. The van der Waals surface area contributed by atoms with Gasteiger partial charge in [-0.2, -0.15) is 0 Å². The van der Waals surface area contributed by atoms with Gasteiger partial charge in [-0.3, -0.25) is 4.72 Å². The molecular weight excluding hydrogens is 264 g/mol. The summed E-state index contributed by atoms with van der Waals surface area (Å²) in [6.45, 7) is 2.53. The van der Waals surface area contributed by atoms with Gasteiger partial charge in [0.25, 0.3) is 0 Å². The van der Waals surface area contributed by atoms with E-state index in [9.17, 15) is 8.42 Å². The number of nitrogens with zero attached hydrogens (tertiary/aromatic N) is 1. The van der Waals surface area contributed by atoms with Crippen molar-refractivity contribution in [2.45, 2.75) is 13.5 Å². The fourth-order valence-corrected chi connectivity index (χ4v) is 2.21. The van der Waals surface area contributed by atoms with Gasteiger partial charge in [-0.25, -0.2) is 13.4 Å². The summed E-state index contributed by atoms with van der Waals surface area (Å²) in [5, 5.41) is 3.20. The normalized spacial score (nSPS) is 11.3. The number of nitrogens with one attached hydrogen (secondary N) is 3. The predicted octanol–water partition coefficient (Wildman–Crippen LogP) is 1.70. The molecular formula is C12H16N4O2S. The molecule has 2 aromatic rings. The van der Waals surface area contributed by atoms with Gasteiger partial charge in [0.05, 0.1) is 30.5 Å². The highest BCUT2D eigenvalue weighted by Crippen LogP contribution is 2.16. The van der Waals surface area contributed by atoms with Crippen LogP contribution in [0.2, 0.25) is 0 Å². The molecule has 0 atom stereocenters. The van der Waals surface area contributed by atoms with Gasteiger partial charge in [0.1, 0.15) is 0 Å². The third kappa shape index (κ3) is 3.99. The first kappa shape index (κ1) is 13.4. The van der Waals surface area contributed by atoms with Gasteiger partial charge in [-0.15, -0.1) is 0 Å². The third-order valence-corrected chi connectivity index (χ3v) is 3.17. The van der Waals surface area contributed by atoms with Crippen molar-refractivity contribution in [1.29, 1.82) is 0 Å². The number of aromatic amines is 1. The lowest BCUT2D eigenvalue weighted by atomic mass is 10.2. The van der Waals surface area contributed by atoms with E-state index in [1.54, 1.807) is 24.5 Å². The third-order valence-electron chi connectivity index (χ3n) is 2.56. The molecule has 6 nitrogen and oxygen atoms in total. The number of benzene rings is 1. The van der Waals surface area contributed by atoms with Crippen LogP contribution in [0.3, 0.4) is 0 Å². The van der Waals surface area contributed by atoms with Gasteiger partial charge in [0.15, 0.2) is 0 Å². The standard InChI is InChI=1S/C12H16N4O2S/c1-9-12(15-8-14-9)7-13-10-4-3-5-11(6-10)16-19(2,17)18/h3-6,8,13,16H,7H2,1-2H3,(H,14,15). The summed E-state index contributed by atoms with van der Waals surface area (Å²) in [6, 6.07) is 7.09. The quantitative estimate of drug-likeness (QED) is 0.778. The molecule has 0 fully saturated rings. The number of rotatable bonds is 5. The monoisotopic (exact) mass is 280 g/mol. The molecule has 0 aliphatic rings. The second-order valence-corrected chi connectivity index (χ2v) is 6.03. The Labute approximate surface area is 112 Å². The van der Waals surface area contributed by atoms with Gasteiger partial charge in [0, 0.05) is 11.4 Å². The minimum absolute atomic E-state index is 0.534. The van der Waals surface area contributed by atoms with Crippen LogP contribution in [-0.4, -0.2) is 24.6 Å². The molecule has 1 aromatic heterocycles. The smallest absolute Gasteiger partial charge is 0.229 e. The molecule has 1 heterocycles. The van der Waals surface area contributed by atoms with E-state index in [0.29, 0.717) is 12.2 Å². The minimum atomic E-state index is -3.25. The largest absolute Gasteiger partial charge is 0.379 e. The summed E-state index contributed by atoms with van der Waals surface area (Å²) >= 11 is 0. The number of anilines is 2. The average Bonchev–Trinajstić information content (AvgIpc) is 2.70. The van der Waals surface area contributed by atoms with Crippen LogP contribution in [0.15, 0.2) is 30.6 Å². The van der Waals surface area contributed by atoms with E-state index in [2.05, 4.69) is 20.0 Å². The fourth-order valence-electron chi connectivity index (χ4n) is 1.66. The van der Waals surface area contributed by atoms with Crippen molar-refractivity contribution in [3.8, 4) is 0 Å². The van der Waals surface area contributed by atoms with Crippen LogP contribution in [-0.2, 0) is 16.6 Å². The highest BCUT2D eigenvalue weighted by Gasteiger charge is 2.04. The Kier molecular flexibility index (Phi) is 3.75. The lowest BCUT2D eigenvalue weighted by Gasteiger charge is -2.08. The molecule has 3 N–H and O–H groups in total. The summed E-state index contributed by atoms with van der Waals surface area (Å²) in [5.41, 5.74) is 3.31. The summed E-state index contributed by atoms with van der Waals surface area (Å²) in [4.78, 5) is 7.19. The molecule has 1 aromatic carbocycles. The van der Waals surface area contributed by atoms with Crippen LogP contribution < -0.4 is 10.0 Å². The summed E-state index contributed by atoms with van der Waals surface area (Å²) in [5.74, 6) is 0. The van der Waals surface area contributed by atoms with E-state index in [4.69, 9.17) is 0 Å². The van der Waals surface area contributed by atoms with Crippen LogP contribution in [0.5, 0.6) is 0 Å². The van der Waals surface area contributed by atoms with Crippen molar-refractivity contribution >= 4 is 21.4 Å². The molecule has 0 saturated heterocycles. The van der Waals surface area contributed by atoms with Gasteiger partial charge < -0.3 is 10.3 Å². The summed E-state index contributed by atoms with van der Waals surface area (Å²) in [6.07, 6.45) is 2.77. The maximum atomic E-state index is 11.2. The van der Waals surface area contributed by atoms with Crippen LogP contribution in [0, 0.1) is 6.92 Å². The Bertz CT molecular complexity index is 664. The Hall–Kier alpha value is -2.02. The molecule has 19 heavy (non-hydrogen) atoms. The molecule has 102 valence electrons. The van der Waals surface area contributed by atoms with E-state index in [-0.39, 0.29) is 0 Å². The zero-order chi connectivity index (χ0) is 13.9. The van der Waals surface area contributed by atoms with Crippen LogP contribution in [0.25, 0.3) is 0 Å². The highest BCUT2D eigenvalue weighted by atomic mass is 32.2. The molecule has 0 unspecified atom stereocenters. The second kappa shape index (κ2) is 5.31. The molecule has 2 rings (SSSR count). The number of hydrogen-bond donors (Lipinski definition) is 3. The highest BCUT2D eigenvalue weighted by molar-refractivity contribution is 7.92. The van der Waals surface area contributed by atoms with Gasteiger partial charge in [-0.05, 0) is 25.1 Å². The Morgan fingerprint density at radius 3 is 2.68 bits per heavy atom. The van der Waals surface area contributed by atoms with Crippen molar-refractivity contribution in [3.63, 3.8) is 0 Å². The molecule has 0 amide bonds. The predicted molar refractivity (Wildman–Crippen MR) is 75.6 cm³/mol. The van der Waals surface area contributed by atoms with Crippen molar-refractivity contribution in [1.82, 2.24) is 9.97 Å². The fraction of sp³-hybridized carbons (Fsp3) is 0.250. The maximum Gasteiger partial charge on any atom is 0.229 e. The van der Waals surface area contributed by atoms with E-state index in [1.165, 1.54) is 0 Å². The van der Waals surface area contributed by atoms with E-state index >= 15 is 0 Å². The van der Waals surface area contributed by atoms with Gasteiger partial charge >= 0.3 is 0 Å². The van der Waals surface area contributed by atoms with Gasteiger partial charge in [0.2, 0.25) is 10.0 Å². The zero-order valence-electron chi connectivity index (χ0n) is 10.8. The SMILES string of the molecule is Cc1[nH]cnc1CNc1cccc(NS(C)(=O)=O)c1. The number of sulfonamides is 1. The van der Waals surface area contributed by atoms with E-state index < -0.39 is 10.0 Å². The zero-order valence-corrected chi connectivity index (χ0v) is 11.6. The minimum Gasteiger partial charge on any atom is -0.379 e. The second-order valence-electron chi connectivity index (χ2n) is 4.28. The first-order valence-electron chi connectivity index (χ1n) is 5.74. The van der Waals surface area contributed by atoms with Crippen molar-refractivity contribution in [2.75, 3.05) is 16.3 Å². The number of aromatic nitrogens is 2. The molecule has 0 aliphatic carbocycles. The van der Waals surface area contributed by atoms with Crippen LogP contribution in [0.1, 0.15) is 11.4 Å². The van der Waals surface area contributed by atoms with E-state index in [1.807, 2.05) is 13.0 Å².